The molecule has 0 saturated heterocycles. The van der Waals surface area contributed by atoms with Crippen molar-refractivity contribution in [3.05, 3.63) is 40.9 Å². The molecule has 0 amide bonds. The fraction of sp³-hybridized carbons (Fsp3) is 0.375. The zero-order valence-electron chi connectivity index (χ0n) is 11.8. The van der Waals surface area contributed by atoms with E-state index in [0.717, 1.165) is 42.2 Å². The number of hydrogen-bond donors (Lipinski definition) is 0. The Kier molecular flexibility index (Phi) is 8.43. The molecule has 0 unspecified atom stereocenters. The summed E-state index contributed by atoms with van der Waals surface area (Å²) in [6.45, 7) is 4.39. The molecule has 5 heteroatoms. The maximum Gasteiger partial charge on any atom is 0.330 e. The van der Waals surface area contributed by atoms with E-state index in [1.165, 1.54) is 6.08 Å². The molecule has 0 aliphatic carbocycles. The lowest BCUT2D eigenvalue weighted by Crippen LogP contribution is -2.02. The predicted octanol–water partition coefficient (Wildman–Crippen LogP) is 3.93. The van der Waals surface area contributed by atoms with Crippen LogP contribution in [0.25, 0.3) is 0 Å². The van der Waals surface area contributed by atoms with Crippen LogP contribution in [0, 0.1) is 0 Å². The van der Waals surface area contributed by atoms with Gasteiger partial charge in [-0.3, -0.25) is 4.79 Å². The van der Waals surface area contributed by atoms with Gasteiger partial charge < -0.3 is 9.47 Å². The van der Waals surface area contributed by atoms with Gasteiger partial charge in [0.25, 0.3) is 0 Å². The minimum absolute atomic E-state index is 0.373. The lowest BCUT2D eigenvalue weighted by molar-refractivity contribution is -0.137. The Bertz CT molecular complexity index is 485. The molecular weight excluding hydrogens is 336 g/mol. The largest absolute Gasteiger partial charge is 0.494 e. The van der Waals surface area contributed by atoms with E-state index in [1.54, 1.807) is 18.2 Å². The van der Waals surface area contributed by atoms with Crippen molar-refractivity contribution in [2.45, 2.75) is 25.7 Å². The molecule has 0 saturated carbocycles. The molecule has 1 aromatic rings. The van der Waals surface area contributed by atoms with E-state index >= 15 is 0 Å². The molecule has 0 heterocycles. The summed E-state index contributed by atoms with van der Waals surface area (Å²) in [6.07, 6.45) is 5.75. The van der Waals surface area contributed by atoms with Crippen LogP contribution in [0.5, 0.6) is 5.75 Å². The summed E-state index contributed by atoms with van der Waals surface area (Å²) in [5.74, 6) is 0.370. The highest BCUT2D eigenvalue weighted by Crippen LogP contribution is 2.22. The third-order valence-electron chi connectivity index (χ3n) is 2.82. The van der Waals surface area contributed by atoms with Crippen molar-refractivity contribution in [3.63, 3.8) is 0 Å². The van der Waals surface area contributed by atoms with Crippen LogP contribution in [0.4, 0.5) is 0 Å². The molecule has 4 nitrogen and oxygen atoms in total. The zero-order chi connectivity index (χ0) is 15.5. The van der Waals surface area contributed by atoms with Gasteiger partial charge in [-0.2, -0.15) is 0 Å². The van der Waals surface area contributed by atoms with Crippen molar-refractivity contribution in [1.82, 2.24) is 0 Å². The third kappa shape index (κ3) is 7.09. The molecule has 21 heavy (non-hydrogen) atoms. The van der Waals surface area contributed by atoms with Crippen molar-refractivity contribution in [2.24, 2.45) is 0 Å². The van der Waals surface area contributed by atoms with Crippen molar-refractivity contribution < 1.29 is 19.1 Å². The van der Waals surface area contributed by atoms with Gasteiger partial charge in [-0.25, -0.2) is 4.79 Å². The number of hydrogen-bond acceptors (Lipinski definition) is 4. The average Bonchev–Trinajstić information content (AvgIpc) is 2.49. The van der Waals surface area contributed by atoms with Crippen LogP contribution in [0.2, 0.25) is 0 Å². The first-order valence-corrected chi connectivity index (χ1v) is 7.63. The highest BCUT2D eigenvalue weighted by molar-refractivity contribution is 9.10. The average molecular weight is 355 g/mol. The second kappa shape index (κ2) is 10.2. The summed E-state index contributed by atoms with van der Waals surface area (Å²) >= 11 is 3.32. The van der Waals surface area contributed by atoms with Crippen LogP contribution < -0.4 is 4.74 Å². The molecule has 0 spiro atoms. The fourth-order valence-corrected chi connectivity index (χ4v) is 2.12. The SMILES string of the molecule is C=CC(=O)OCCCCCCOc1ccc(C=O)c(Br)c1. The molecular formula is C16H19BrO4. The summed E-state index contributed by atoms with van der Waals surface area (Å²) in [5, 5.41) is 0. The zero-order valence-corrected chi connectivity index (χ0v) is 13.4. The van der Waals surface area contributed by atoms with Crippen LogP contribution >= 0.6 is 15.9 Å². The molecule has 0 fully saturated rings. The van der Waals surface area contributed by atoms with Crippen LogP contribution in [0.3, 0.4) is 0 Å². The van der Waals surface area contributed by atoms with Crippen LogP contribution in [0.15, 0.2) is 35.3 Å². The molecule has 0 aliphatic heterocycles. The Morgan fingerprint density at radius 3 is 2.52 bits per heavy atom. The molecule has 114 valence electrons. The quantitative estimate of drug-likeness (QED) is 0.276. The first-order valence-electron chi connectivity index (χ1n) is 6.84. The second-order valence-corrected chi connectivity index (χ2v) is 5.29. The minimum Gasteiger partial charge on any atom is -0.494 e. The van der Waals surface area contributed by atoms with Crippen molar-refractivity contribution in [3.8, 4) is 5.75 Å². The van der Waals surface area contributed by atoms with E-state index in [1.807, 2.05) is 0 Å². The Morgan fingerprint density at radius 1 is 1.19 bits per heavy atom. The van der Waals surface area contributed by atoms with Gasteiger partial charge in [0.1, 0.15) is 5.75 Å². The van der Waals surface area contributed by atoms with Crippen LogP contribution in [-0.4, -0.2) is 25.5 Å². The summed E-state index contributed by atoms with van der Waals surface area (Å²) < 4.78 is 11.2. The highest BCUT2D eigenvalue weighted by Gasteiger charge is 2.01. The molecule has 0 N–H and O–H groups in total. The third-order valence-corrected chi connectivity index (χ3v) is 3.50. The maximum absolute atomic E-state index is 10.8. The van der Waals surface area contributed by atoms with E-state index in [9.17, 15) is 9.59 Å². The number of unbranched alkanes of at least 4 members (excludes halogenated alkanes) is 3. The number of carbonyl (C=O) groups is 2. The van der Waals surface area contributed by atoms with Gasteiger partial charge in [0.15, 0.2) is 6.29 Å². The maximum atomic E-state index is 10.8. The molecule has 0 aromatic heterocycles. The summed E-state index contributed by atoms with van der Waals surface area (Å²) in [6, 6.07) is 5.29. The van der Waals surface area contributed by atoms with Gasteiger partial charge in [-0.1, -0.05) is 6.58 Å². The van der Waals surface area contributed by atoms with Crippen molar-refractivity contribution >= 4 is 28.2 Å². The van der Waals surface area contributed by atoms with Crippen LogP contribution in [0.1, 0.15) is 36.0 Å². The standard InChI is InChI=1S/C16H19BrO4/c1-2-16(19)21-10-6-4-3-5-9-20-14-8-7-13(12-18)15(17)11-14/h2,7-8,11-12H,1,3-6,9-10H2. The smallest absolute Gasteiger partial charge is 0.330 e. The lowest BCUT2D eigenvalue weighted by Gasteiger charge is -2.07. The molecule has 1 aromatic carbocycles. The second-order valence-electron chi connectivity index (χ2n) is 4.44. The lowest BCUT2D eigenvalue weighted by atomic mass is 10.2. The summed E-state index contributed by atoms with van der Waals surface area (Å²) in [4.78, 5) is 21.5. The first-order chi connectivity index (χ1) is 10.2. The Morgan fingerprint density at radius 2 is 1.90 bits per heavy atom. The van der Waals surface area contributed by atoms with Gasteiger partial charge in [0.2, 0.25) is 0 Å². The Labute approximate surface area is 133 Å². The fourth-order valence-electron chi connectivity index (χ4n) is 1.67. The number of esters is 1. The normalized spacial score (nSPS) is 9.95. The van der Waals surface area contributed by atoms with Gasteiger partial charge in [0.05, 0.1) is 13.2 Å². The van der Waals surface area contributed by atoms with Crippen molar-refractivity contribution in [1.29, 1.82) is 0 Å². The van der Waals surface area contributed by atoms with Crippen LogP contribution in [-0.2, 0) is 9.53 Å². The Hall–Kier alpha value is -1.62. The first kappa shape index (κ1) is 17.4. The van der Waals surface area contributed by atoms with Gasteiger partial charge in [-0.05, 0) is 59.8 Å². The predicted molar refractivity (Wildman–Crippen MR) is 84.6 cm³/mol. The molecule has 0 bridgehead atoms. The molecule has 1 rings (SSSR count). The topological polar surface area (TPSA) is 52.6 Å². The van der Waals surface area contributed by atoms with E-state index in [-0.39, 0.29) is 5.97 Å². The molecule has 0 radical (unpaired) electrons. The minimum atomic E-state index is -0.373. The highest BCUT2D eigenvalue weighted by atomic mass is 79.9. The monoisotopic (exact) mass is 354 g/mol. The summed E-state index contributed by atoms with van der Waals surface area (Å²) in [7, 11) is 0. The van der Waals surface area contributed by atoms with Gasteiger partial charge >= 0.3 is 5.97 Å². The number of ether oxygens (including phenoxy) is 2. The number of halogens is 1. The summed E-state index contributed by atoms with van der Waals surface area (Å²) in [5.41, 5.74) is 0.608. The molecule has 0 aliphatic rings. The number of aldehydes is 1. The van der Waals surface area contributed by atoms with E-state index in [0.29, 0.717) is 18.8 Å². The Balaban J connectivity index is 2.09. The van der Waals surface area contributed by atoms with E-state index in [4.69, 9.17) is 9.47 Å². The number of benzene rings is 1. The van der Waals surface area contributed by atoms with E-state index < -0.39 is 0 Å². The van der Waals surface area contributed by atoms with Gasteiger partial charge in [-0.15, -0.1) is 0 Å². The van der Waals surface area contributed by atoms with E-state index in [2.05, 4.69) is 22.5 Å². The van der Waals surface area contributed by atoms with Gasteiger partial charge in [0, 0.05) is 16.1 Å². The molecule has 0 atom stereocenters. The van der Waals surface area contributed by atoms with Crippen molar-refractivity contribution in [2.75, 3.05) is 13.2 Å². The number of carbonyl (C=O) groups excluding carboxylic acids is 2. The number of rotatable bonds is 10.